The Morgan fingerprint density at radius 2 is 1.88 bits per heavy atom. The molecular weight excluding hydrogens is 350 g/mol. The third-order valence-electron chi connectivity index (χ3n) is 2.07. The molecular formula is C12H16Cl2OSiZr. The van der Waals surface area contributed by atoms with Crippen LogP contribution in [0.1, 0.15) is 12.8 Å². The first-order valence-corrected chi connectivity index (χ1v) is 7.82. The van der Waals surface area contributed by atoms with Gasteiger partial charge in [-0.3, -0.25) is 6.08 Å². The second-order valence-corrected chi connectivity index (χ2v) is 6.48. The van der Waals surface area contributed by atoms with Crippen LogP contribution in [-0.2, 0) is 26.2 Å². The van der Waals surface area contributed by atoms with E-state index in [-0.39, 0.29) is 51.0 Å². The summed E-state index contributed by atoms with van der Waals surface area (Å²) in [7, 11) is -0.769. The topological polar surface area (TPSA) is 20.2 Å². The van der Waals surface area contributed by atoms with Crippen LogP contribution in [-0.4, -0.2) is 13.9 Å². The average Bonchev–Trinajstić information content (AvgIpc) is 2.74. The fourth-order valence-corrected chi connectivity index (χ4v) is 2.54. The van der Waals surface area contributed by atoms with Gasteiger partial charge in [-0.05, 0) is 8.80 Å². The van der Waals surface area contributed by atoms with Crippen molar-refractivity contribution < 1.29 is 56.1 Å². The molecule has 0 heterocycles. The first-order chi connectivity index (χ1) is 6.72. The Labute approximate surface area is 137 Å². The predicted octanol–water partition coefficient (Wildman–Crippen LogP) is -3.10. The summed E-state index contributed by atoms with van der Waals surface area (Å²) in [6.45, 7) is 4.41. The van der Waals surface area contributed by atoms with Crippen molar-refractivity contribution in [1.29, 1.82) is 0 Å². The molecule has 0 aromatic rings. The van der Waals surface area contributed by atoms with Crippen LogP contribution in [0.4, 0.5) is 0 Å². The molecule has 0 bridgehead atoms. The van der Waals surface area contributed by atoms with Gasteiger partial charge in [0.15, 0.2) is 0 Å². The number of hydrogen-bond donors (Lipinski definition) is 1. The second-order valence-electron chi connectivity index (χ2n) is 3.55. The van der Waals surface area contributed by atoms with E-state index in [9.17, 15) is 0 Å². The van der Waals surface area contributed by atoms with Crippen molar-refractivity contribution in [1.82, 2.24) is 0 Å². The van der Waals surface area contributed by atoms with E-state index < -0.39 is 8.80 Å². The molecule has 0 aromatic heterocycles. The molecule has 0 saturated heterocycles. The predicted molar refractivity (Wildman–Crippen MR) is 62.5 cm³/mol. The maximum Gasteiger partial charge on any atom is 4.00 e. The van der Waals surface area contributed by atoms with Gasteiger partial charge in [0.2, 0.25) is 0 Å². The molecule has 2 aliphatic rings. The van der Waals surface area contributed by atoms with Gasteiger partial charge in [0, 0.05) is 0 Å². The summed E-state index contributed by atoms with van der Waals surface area (Å²) < 4.78 is 0. The minimum atomic E-state index is -0.769. The number of rotatable bonds is 1. The summed E-state index contributed by atoms with van der Waals surface area (Å²) in [6, 6.07) is 0. The van der Waals surface area contributed by atoms with E-state index in [1.54, 1.807) is 0 Å². The van der Waals surface area contributed by atoms with Gasteiger partial charge in [0.25, 0.3) is 0 Å². The summed E-state index contributed by atoms with van der Waals surface area (Å²) >= 11 is 0. The maximum atomic E-state index is 9.13. The molecule has 5 heteroatoms. The average molecular weight is 366 g/mol. The standard InChI is InChI=1S/C7H11OSi.C5H5.2ClH.Zr/c1-9(2)7-5-3-4-6(7)8;1-2-4-5-3-1;;;/h5,8-9H,3H2,1-2H3;1-3H,4H2;2*1H;/q2*-1;;;+4/p-2. The Kier molecular flexibility index (Phi) is 17.1. The second kappa shape index (κ2) is 12.9. The molecule has 2 rings (SSSR count). The van der Waals surface area contributed by atoms with Crippen LogP contribution < -0.4 is 24.8 Å². The Hall–Kier alpha value is 0.440. The van der Waals surface area contributed by atoms with Gasteiger partial charge in [0.1, 0.15) is 0 Å². The van der Waals surface area contributed by atoms with Gasteiger partial charge in [-0.2, -0.15) is 17.3 Å². The van der Waals surface area contributed by atoms with E-state index >= 15 is 0 Å². The van der Waals surface area contributed by atoms with Crippen LogP contribution in [0.5, 0.6) is 0 Å². The maximum absolute atomic E-state index is 9.13. The van der Waals surface area contributed by atoms with Crippen LogP contribution in [0, 0.1) is 12.2 Å². The normalized spacial score (nSPS) is 14.8. The van der Waals surface area contributed by atoms with Crippen LogP contribution in [0.25, 0.3) is 0 Å². The number of allylic oxidation sites excluding steroid dienone is 7. The minimum Gasteiger partial charge on any atom is -1.00 e. The molecule has 0 radical (unpaired) electrons. The molecule has 0 saturated carbocycles. The van der Waals surface area contributed by atoms with E-state index in [4.69, 9.17) is 5.11 Å². The molecule has 0 aliphatic heterocycles. The van der Waals surface area contributed by atoms with Crippen molar-refractivity contribution in [3.8, 4) is 0 Å². The van der Waals surface area contributed by atoms with E-state index in [0.29, 0.717) is 5.76 Å². The van der Waals surface area contributed by atoms with Crippen molar-refractivity contribution in [3.63, 3.8) is 0 Å². The van der Waals surface area contributed by atoms with Crippen molar-refractivity contribution in [3.05, 3.63) is 47.4 Å². The Morgan fingerprint density at radius 1 is 1.24 bits per heavy atom. The summed E-state index contributed by atoms with van der Waals surface area (Å²) in [5.41, 5.74) is 0. The summed E-state index contributed by atoms with van der Waals surface area (Å²) in [4.78, 5) is 0. The molecule has 1 nitrogen and oxygen atoms in total. The monoisotopic (exact) mass is 364 g/mol. The third kappa shape index (κ3) is 9.07. The van der Waals surface area contributed by atoms with E-state index in [0.717, 1.165) is 12.8 Å². The van der Waals surface area contributed by atoms with Gasteiger partial charge in [-0.15, -0.1) is 12.8 Å². The first kappa shape index (κ1) is 22.6. The smallest absolute Gasteiger partial charge is 1.00 e. The van der Waals surface area contributed by atoms with Crippen LogP contribution >= 0.6 is 0 Å². The van der Waals surface area contributed by atoms with Gasteiger partial charge in [-0.25, -0.2) is 18.2 Å². The zero-order valence-electron chi connectivity index (χ0n) is 10.0. The van der Waals surface area contributed by atoms with E-state index in [1.807, 2.05) is 12.2 Å². The molecule has 0 amide bonds. The minimum absolute atomic E-state index is 0. The quantitative estimate of drug-likeness (QED) is 0.385. The molecule has 92 valence electrons. The van der Waals surface area contributed by atoms with Crippen molar-refractivity contribution >= 4 is 8.80 Å². The summed E-state index contributed by atoms with van der Waals surface area (Å²) in [6.07, 6.45) is 15.8. The zero-order valence-corrected chi connectivity index (χ0v) is 15.1. The van der Waals surface area contributed by atoms with Crippen LogP contribution in [0.2, 0.25) is 13.1 Å². The van der Waals surface area contributed by atoms with Crippen molar-refractivity contribution in [2.24, 2.45) is 0 Å². The first-order valence-electron chi connectivity index (χ1n) is 4.93. The Balaban J connectivity index is -0.000000216. The number of hydrogen-bond acceptors (Lipinski definition) is 1. The number of aliphatic hydroxyl groups excluding tert-OH is 1. The van der Waals surface area contributed by atoms with E-state index in [1.165, 1.54) is 5.20 Å². The summed E-state index contributed by atoms with van der Waals surface area (Å²) in [5, 5.41) is 10.3. The molecule has 17 heavy (non-hydrogen) atoms. The molecule has 2 aliphatic carbocycles. The molecule has 0 aromatic carbocycles. The largest absolute Gasteiger partial charge is 4.00 e. The van der Waals surface area contributed by atoms with Crippen LogP contribution in [0.3, 0.4) is 0 Å². The fraction of sp³-hybridized carbons (Fsp3) is 0.333. The van der Waals surface area contributed by atoms with Gasteiger partial charge >= 0.3 is 26.2 Å². The van der Waals surface area contributed by atoms with Crippen molar-refractivity contribution in [2.75, 3.05) is 0 Å². The van der Waals surface area contributed by atoms with Crippen molar-refractivity contribution in [2.45, 2.75) is 25.9 Å². The van der Waals surface area contributed by atoms with Gasteiger partial charge in [-0.1, -0.05) is 18.9 Å². The fourth-order valence-electron chi connectivity index (χ4n) is 1.31. The number of halogens is 2. The van der Waals surface area contributed by atoms with Gasteiger partial charge < -0.3 is 29.9 Å². The summed E-state index contributed by atoms with van der Waals surface area (Å²) in [5.74, 6) is 0.414. The molecule has 0 spiro atoms. The SMILES string of the molecule is C[SiH](C)C1=CC[C-]=C1O.[C-]1=CC=CC1.[Cl-].[Cl-].[Zr+4]. The van der Waals surface area contributed by atoms with Crippen LogP contribution in [0.15, 0.2) is 35.3 Å². The molecule has 0 atom stereocenters. The molecule has 0 fully saturated rings. The third-order valence-corrected chi connectivity index (χ3v) is 3.83. The molecule has 1 N–H and O–H groups in total. The number of aliphatic hydroxyl groups is 1. The van der Waals surface area contributed by atoms with E-state index in [2.05, 4.69) is 37.4 Å². The molecule has 0 unspecified atom stereocenters. The zero-order chi connectivity index (χ0) is 10.4. The van der Waals surface area contributed by atoms with Gasteiger partial charge in [0.05, 0.1) is 0 Å². The Morgan fingerprint density at radius 3 is 2.06 bits per heavy atom. The Bertz CT molecular complexity index is 300.